The minimum absolute atomic E-state index is 0.232. The van der Waals surface area contributed by atoms with Crippen LogP contribution >= 0.6 is 0 Å². The Morgan fingerprint density at radius 3 is 2.92 bits per heavy atom. The molecule has 3 heterocycles. The summed E-state index contributed by atoms with van der Waals surface area (Å²) in [4.78, 5) is 30.9. The van der Waals surface area contributed by atoms with Gasteiger partial charge in [-0.15, -0.1) is 0 Å². The molecule has 0 bridgehead atoms. The van der Waals surface area contributed by atoms with E-state index in [9.17, 15) is 9.59 Å². The van der Waals surface area contributed by atoms with E-state index in [0.29, 0.717) is 30.7 Å². The third-order valence-corrected chi connectivity index (χ3v) is 4.81. The summed E-state index contributed by atoms with van der Waals surface area (Å²) < 4.78 is 7.33. The zero-order valence-electron chi connectivity index (χ0n) is 15.1. The third kappa shape index (κ3) is 3.25. The van der Waals surface area contributed by atoms with E-state index in [1.54, 1.807) is 4.90 Å². The maximum Gasteiger partial charge on any atom is 0.410 e. The zero-order chi connectivity index (χ0) is 18.3. The highest BCUT2D eigenvalue weighted by atomic mass is 16.6. The van der Waals surface area contributed by atoms with E-state index in [4.69, 9.17) is 4.74 Å². The minimum atomic E-state index is -0.295. The first-order chi connectivity index (χ1) is 12.5. The highest BCUT2D eigenvalue weighted by Gasteiger charge is 2.41. The number of imidazole rings is 1. The van der Waals surface area contributed by atoms with Crippen molar-refractivity contribution in [2.24, 2.45) is 5.92 Å². The second-order valence-corrected chi connectivity index (χ2v) is 7.53. The smallest absolute Gasteiger partial charge is 0.410 e. The van der Waals surface area contributed by atoms with Crippen LogP contribution in [-0.2, 0) is 11.2 Å². The molecule has 2 aromatic rings. The Labute approximate surface area is 152 Å². The van der Waals surface area contributed by atoms with E-state index in [0.717, 1.165) is 30.6 Å². The van der Waals surface area contributed by atoms with Gasteiger partial charge >= 0.3 is 6.09 Å². The molecular formula is C19H24N4O3. The molecule has 7 nitrogen and oxygen atoms in total. The summed E-state index contributed by atoms with van der Waals surface area (Å²) in [6.45, 7) is 5.11. The zero-order valence-corrected chi connectivity index (χ0v) is 15.1. The van der Waals surface area contributed by atoms with Gasteiger partial charge in [0.1, 0.15) is 11.9 Å². The molecule has 138 valence electrons. The summed E-state index contributed by atoms with van der Waals surface area (Å²) in [5.41, 5.74) is 1.22. The van der Waals surface area contributed by atoms with E-state index >= 15 is 0 Å². The summed E-state index contributed by atoms with van der Waals surface area (Å²) in [5, 5.41) is 2.88. The number of hydrogen-bond donors (Lipinski definition) is 1. The van der Waals surface area contributed by atoms with Gasteiger partial charge in [0.15, 0.2) is 5.69 Å². The molecule has 0 aromatic carbocycles. The number of fused-ring (bicyclic) bond motifs is 1. The average molecular weight is 356 g/mol. The number of amides is 2. The topological polar surface area (TPSA) is 75.9 Å². The van der Waals surface area contributed by atoms with Crippen LogP contribution in [0.25, 0.3) is 5.52 Å². The standard InChI is InChI=1S/C19H24N4O3/c1-12(2)9-16-21-17(15-5-3-4-8-22(15)16)18(24)20-10-14-11-23(13-6-7-13)19(25)26-14/h3-5,8,12-14H,6-7,9-11H2,1-2H3,(H,20,24). The molecule has 1 saturated heterocycles. The Hall–Kier alpha value is -2.57. The van der Waals surface area contributed by atoms with Crippen LogP contribution in [0.15, 0.2) is 24.4 Å². The van der Waals surface area contributed by atoms with Crippen molar-refractivity contribution in [3.8, 4) is 0 Å². The molecule has 4 rings (SSSR count). The molecule has 0 spiro atoms. The Kier molecular flexibility index (Phi) is 4.30. The fourth-order valence-corrected chi connectivity index (χ4v) is 3.40. The lowest BCUT2D eigenvalue weighted by atomic mass is 10.1. The molecule has 1 N–H and O–H groups in total. The number of ether oxygens (including phenoxy) is 1. The van der Waals surface area contributed by atoms with E-state index in [2.05, 4.69) is 24.1 Å². The van der Waals surface area contributed by atoms with Crippen LogP contribution in [0.5, 0.6) is 0 Å². The Balaban J connectivity index is 1.45. The van der Waals surface area contributed by atoms with Gasteiger partial charge in [0.05, 0.1) is 18.6 Å². The molecule has 2 amide bonds. The third-order valence-electron chi connectivity index (χ3n) is 4.81. The van der Waals surface area contributed by atoms with E-state index in [-0.39, 0.29) is 18.1 Å². The monoisotopic (exact) mass is 356 g/mol. The molecule has 1 atom stereocenters. The van der Waals surface area contributed by atoms with Crippen molar-refractivity contribution < 1.29 is 14.3 Å². The molecule has 2 aliphatic rings. The van der Waals surface area contributed by atoms with Crippen molar-refractivity contribution in [2.45, 2.75) is 45.3 Å². The van der Waals surface area contributed by atoms with Crippen LogP contribution in [0, 0.1) is 5.92 Å². The van der Waals surface area contributed by atoms with Crippen molar-refractivity contribution in [3.63, 3.8) is 0 Å². The SMILES string of the molecule is CC(C)Cc1nc(C(=O)NCC2CN(C3CC3)C(=O)O2)c2ccccn12. The molecule has 7 heteroatoms. The normalized spacial score (nSPS) is 20.0. The van der Waals surface area contributed by atoms with Gasteiger partial charge in [0, 0.05) is 18.7 Å². The van der Waals surface area contributed by atoms with E-state index < -0.39 is 0 Å². The summed E-state index contributed by atoms with van der Waals surface area (Å²) >= 11 is 0. The molecule has 1 aliphatic heterocycles. The van der Waals surface area contributed by atoms with Crippen LogP contribution in [0.2, 0.25) is 0 Å². The number of aromatic nitrogens is 2. The van der Waals surface area contributed by atoms with Crippen LogP contribution < -0.4 is 5.32 Å². The first-order valence-electron chi connectivity index (χ1n) is 9.24. The summed E-state index contributed by atoms with van der Waals surface area (Å²) in [5.74, 6) is 1.10. The molecule has 0 radical (unpaired) electrons. The van der Waals surface area contributed by atoms with Crippen LogP contribution in [0.3, 0.4) is 0 Å². The number of hydrogen-bond acceptors (Lipinski definition) is 4. The van der Waals surface area contributed by atoms with Crippen LogP contribution in [-0.4, -0.2) is 51.5 Å². The molecular weight excluding hydrogens is 332 g/mol. The number of nitrogens with zero attached hydrogens (tertiary/aromatic N) is 3. The Bertz CT molecular complexity index is 840. The van der Waals surface area contributed by atoms with Gasteiger partial charge in [-0.1, -0.05) is 19.9 Å². The Morgan fingerprint density at radius 1 is 1.38 bits per heavy atom. The number of cyclic esters (lactones) is 1. The lowest BCUT2D eigenvalue weighted by Crippen LogP contribution is -2.35. The molecule has 2 fully saturated rings. The van der Waals surface area contributed by atoms with Gasteiger partial charge in [0.25, 0.3) is 5.91 Å². The second kappa shape index (κ2) is 6.63. The Morgan fingerprint density at radius 2 is 2.19 bits per heavy atom. The van der Waals surface area contributed by atoms with Crippen molar-refractivity contribution in [1.29, 1.82) is 0 Å². The largest absolute Gasteiger partial charge is 0.442 e. The predicted molar refractivity (Wildman–Crippen MR) is 96.1 cm³/mol. The van der Waals surface area contributed by atoms with E-state index in [1.165, 1.54) is 0 Å². The van der Waals surface area contributed by atoms with Gasteiger partial charge < -0.3 is 19.4 Å². The second-order valence-electron chi connectivity index (χ2n) is 7.53. The van der Waals surface area contributed by atoms with Gasteiger partial charge in [-0.2, -0.15) is 0 Å². The van der Waals surface area contributed by atoms with Crippen molar-refractivity contribution >= 4 is 17.5 Å². The molecule has 2 aromatic heterocycles. The predicted octanol–water partition coefficient (Wildman–Crippen LogP) is 2.25. The lowest BCUT2D eigenvalue weighted by molar-refractivity contribution is 0.0911. The first kappa shape index (κ1) is 16.9. The number of nitrogens with one attached hydrogen (secondary N) is 1. The number of rotatable bonds is 6. The van der Waals surface area contributed by atoms with Crippen molar-refractivity contribution in [1.82, 2.24) is 19.6 Å². The summed E-state index contributed by atoms with van der Waals surface area (Å²) in [6, 6.07) is 6.07. The highest BCUT2D eigenvalue weighted by Crippen LogP contribution is 2.30. The summed E-state index contributed by atoms with van der Waals surface area (Å²) in [6.07, 6.45) is 4.27. The van der Waals surface area contributed by atoms with Gasteiger partial charge in [-0.05, 0) is 30.9 Å². The van der Waals surface area contributed by atoms with Crippen LogP contribution in [0.1, 0.15) is 43.0 Å². The quantitative estimate of drug-likeness (QED) is 0.861. The fourth-order valence-electron chi connectivity index (χ4n) is 3.40. The number of pyridine rings is 1. The number of carbonyl (C=O) groups excluding carboxylic acids is 2. The van der Waals surface area contributed by atoms with Crippen LogP contribution in [0.4, 0.5) is 4.79 Å². The molecule has 26 heavy (non-hydrogen) atoms. The molecule has 1 aliphatic carbocycles. The minimum Gasteiger partial charge on any atom is -0.442 e. The fraction of sp³-hybridized carbons (Fsp3) is 0.526. The highest BCUT2D eigenvalue weighted by molar-refractivity contribution is 5.99. The number of carbonyl (C=O) groups is 2. The van der Waals surface area contributed by atoms with E-state index in [1.807, 2.05) is 28.8 Å². The van der Waals surface area contributed by atoms with Gasteiger partial charge in [-0.3, -0.25) is 4.79 Å². The molecule has 1 unspecified atom stereocenters. The maximum absolute atomic E-state index is 12.7. The molecule has 1 saturated carbocycles. The maximum atomic E-state index is 12.7. The average Bonchev–Trinajstić information content (AvgIpc) is 3.30. The lowest BCUT2D eigenvalue weighted by Gasteiger charge is -2.11. The van der Waals surface area contributed by atoms with Gasteiger partial charge in [0.2, 0.25) is 0 Å². The summed E-state index contributed by atoms with van der Waals surface area (Å²) in [7, 11) is 0. The van der Waals surface area contributed by atoms with Crippen molar-refractivity contribution in [2.75, 3.05) is 13.1 Å². The van der Waals surface area contributed by atoms with Gasteiger partial charge in [-0.25, -0.2) is 9.78 Å². The van der Waals surface area contributed by atoms with Crippen molar-refractivity contribution in [3.05, 3.63) is 35.9 Å². The first-order valence-corrected chi connectivity index (χ1v) is 9.24.